The molecule has 0 unspecified atom stereocenters. The minimum absolute atomic E-state index is 0.0639. The predicted octanol–water partition coefficient (Wildman–Crippen LogP) is 2.61. The van der Waals surface area contributed by atoms with Gasteiger partial charge >= 0.3 is 11.9 Å². The first-order valence-electron chi connectivity index (χ1n) is 8.56. The number of carboxylic acids is 1. The Bertz CT molecular complexity index is 1200. The molecule has 0 radical (unpaired) electrons. The first kappa shape index (κ1) is 18.2. The Morgan fingerprint density at radius 1 is 1.11 bits per heavy atom. The molecule has 0 spiro atoms. The monoisotopic (exact) mass is 399 g/mol. The van der Waals surface area contributed by atoms with Crippen LogP contribution in [0.25, 0.3) is 10.9 Å². The van der Waals surface area contributed by atoms with Gasteiger partial charge in [0.2, 0.25) is 0 Å². The molecule has 2 atom stereocenters. The van der Waals surface area contributed by atoms with E-state index in [0.29, 0.717) is 16.5 Å². The first-order valence-corrected chi connectivity index (χ1v) is 10.0. The molecule has 144 valence electrons. The molecule has 3 aromatic rings. The summed E-state index contributed by atoms with van der Waals surface area (Å²) in [7, 11) is -2.74. The molecule has 0 saturated heterocycles. The lowest BCUT2D eigenvalue weighted by molar-refractivity contribution is -0.159. The fourth-order valence-electron chi connectivity index (χ4n) is 3.73. The van der Waals surface area contributed by atoms with Gasteiger partial charge in [-0.15, -0.1) is 0 Å². The van der Waals surface area contributed by atoms with Crippen molar-refractivity contribution in [2.45, 2.75) is 17.2 Å². The highest BCUT2D eigenvalue weighted by atomic mass is 32.2. The molecular formula is C20H17NO6S. The number of carbonyl (C=O) groups is 2. The first-order chi connectivity index (χ1) is 13.3. The lowest BCUT2D eigenvalue weighted by atomic mass is 9.99. The second kappa shape index (κ2) is 6.20. The van der Waals surface area contributed by atoms with Gasteiger partial charge in [-0.2, -0.15) is 0 Å². The van der Waals surface area contributed by atoms with Gasteiger partial charge in [0.05, 0.1) is 17.5 Å². The summed E-state index contributed by atoms with van der Waals surface area (Å²) in [4.78, 5) is 24.1. The minimum Gasteiger partial charge on any atom is -0.480 e. The molecule has 4 rings (SSSR count). The molecular weight excluding hydrogens is 382 g/mol. The van der Waals surface area contributed by atoms with E-state index in [2.05, 4.69) is 0 Å². The summed E-state index contributed by atoms with van der Waals surface area (Å²) in [6.45, 7) is 0. The number of carboxylic acid groups (broad SMARTS) is 1. The van der Waals surface area contributed by atoms with E-state index in [4.69, 9.17) is 4.74 Å². The predicted molar refractivity (Wildman–Crippen MR) is 100 cm³/mol. The Balaban J connectivity index is 1.90. The van der Waals surface area contributed by atoms with E-state index in [-0.39, 0.29) is 11.3 Å². The molecule has 0 amide bonds. The zero-order valence-electron chi connectivity index (χ0n) is 14.9. The fraction of sp³-hybridized carbons (Fsp3) is 0.200. The molecule has 1 heterocycles. The topological polar surface area (TPSA) is 103 Å². The summed E-state index contributed by atoms with van der Waals surface area (Å²) >= 11 is 0. The Morgan fingerprint density at radius 3 is 2.39 bits per heavy atom. The molecule has 1 saturated carbocycles. The van der Waals surface area contributed by atoms with Crippen LogP contribution in [0.1, 0.15) is 17.9 Å². The van der Waals surface area contributed by atoms with E-state index >= 15 is 0 Å². The number of para-hydroxylation sites is 1. The molecule has 28 heavy (non-hydrogen) atoms. The summed E-state index contributed by atoms with van der Waals surface area (Å²) < 4.78 is 32.1. The highest BCUT2D eigenvalue weighted by Gasteiger charge is 2.68. The number of methoxy groups -OCH3 is 1. The van der Waals surface area contributed by atoms with Crippen molar-refractivity contribution in [1.29, 1.82) is 0 Å². The van der Waals surface area contributed by atoms with Crippen LogP contribution in [-0.2, 0) is 24.3 Å². The number of hydrogen-bond acceptors (Lipinski definition) is 5. The number of benzene rings is 2. The zero-order chi connectivity index (χ0) is 20.1. The number of rotatable bonds is 5. The van der Waals surface area contributed by atoms with E-state index < -0.39 is 33.3 Å². The van der Waals surface area contributed by atoms with E-state index in [1.54, 1.807) is 42.5 Å². The lowest BCUT2D eigenvalue weighted by Gasteiger charge is -2.09. The molecule has 7 nitrogen and oxygen atoms in total. The van der Waals surface area contributed by atoms with E-state index in [9.17, 15) is 23.1 Å². The van der Waals surface area contributed by atoms with Crippen LogP contribution >= 0.6 is 0 Å². The highest BCUT2D eigenvalue weighted by molar-refractivity contribution is 7.90. The molecule has 2 aromatic carbocycles. The van der Waals surface area contributed by atoms with Crippen LogP contribution < -0.4 is 0 Å². The number of aromatic nitrogens is 1. The summed E-state index contributed by atoms with van der Waals surface area (Å²) in [6, 6.07) is 14.8. The van der Waals surface area contributed by atoms with Crippen molar-refractivity contribution in [3.8, 4) is 0 Å². The Labute approximate surface area is 161 Å². The largest absolute Gasteiger partial charge is 0.480 e. The van der Waals surface area contributed by atoms with Crippen LogP contribution in [0.15, 0.2) is 65.7 Å². The molecule has 1 aromatic heterocycles. The minimum atomic E-state index is -3.88. The zero-order valence-corrected chi connectivity index (χ0v) is 15.7. The highest BCUT2D eigenvalue weighted by Crippen LogP contribution is 2.61. The Kier molecular flexibility index (Phi) is 4.04. The van der Waals surface area contributed by atoms with Crippen LogP contribution in [0.3, 0.4) is 0 Å². The summed E-state index contributed by atoms with van der Waals surface area (Å²) in [6.07, 6.45) is 1.49. The summed E-state index contributed by atoms with van der Waals surface area (Å²) in [5.74, 6) is -2.76. The van der Waals surface area contributed by atoms with E-state index in [0.717, 1.165) is 11.1 Å². The lowest BCUT2D eigenvalue weighted by Crippen LogP contribution is -2.28. The average Bonchev–Trinajstić information content (AvgIpc) is 3.35. The van der Waals surface area contributed by atoms with Gasteiger partial charge in [0.1, 0.15) is 0 Å². The van der Waals surface area contributed by atoms with Crippen molar-refractivity contribution in [1.82, 2.24) is 3.97 Å². The van der Waals surface area contributed by atoms with Crippen molar-refractivity contribution in [3.63, 3.8) is 0 Å². The maximum absolute atomic E-state index is 13.1. The molecule has 0 bridgehead atoms. The number of aliphatic carboxylic acids is 1. The van der Waals surface area contributed by atoms with Crippen LogP contribution in [-0.4, -0.2) is 36.5 Å². The van der Waals surface area contributed by atoms with Crippen LogP contribution in [0, 0.1) is 5.41 Å². The van der Waals surface area contributed by atoms with Gasteiger partial charge in [-0.05, 0) is 30.2 Å². The van der Waals surface area contributed by atoms with Crippen LogP contribution in [0.5, 0.6) is 0 Å². The maximum Gasteiger partial charge on any atom is 0.323 e. The van der Waals surface area contributed by atoms with Crippen molar-refractivity contribution >= 4 is 32.9 Å². The summed E-state index contributed by atoms with van der Waals surface area (Å²) in [5, 5.41) is 10.2. The van der Waals surface area contributed by atoms with Gasteiger partial charge < -0.3 is 9.84 Å². The van der Waals surface area contributed by atoms with Gasteiger partial charge in [0.25, 0.3) is 10.0 Å². The van der Waals surface area contributed by atoms with Crippen LogP contribution in [0.4, 0.5) is 0 Å². The van der Waals surface area contributed by atoms with Crippen molar-refractivity contribution in [2.24, 2.45) is 5.41 Å². The SMILES string of the molecule is COC(=O)[C@@]1(C(=O)O)C[C@@H]1c1cn(S(=O)(=O)c2ccccc2)c2ccccc12. The Morgan fingerprint density at radius 2 is 1.75 bits per heavy atom. The third-order valence-corrected chi connectivity index (χ3v) is 6.96. The standard InChI is InChI=1S/C20H17NO6S/c1-27-19(24)20(18(22)23)11-16(20)15-12-21(17-10-6-5-9-14(15)17)28(25,26)13-7-3-2-4-8-13/h2-10,12,16H,11H2,1H3,(H,22,23)/t16-,20+/m1/s1. The smallest absolute Gasteiger partial charge is 0.323 e. The molecule has 1 N–H and O–H groups in total. The van der Waals surface area contributed by atoms with Gasteiger partial charge in [-0.3, -0.25) is 9.59 Å². The van der Waals surface area contributed by atoms with Gasteiger partial charge in [-0.1, -0.05) is 36.4 Å². The number of carbonyl (C=O) groups excluding carboxylic acids is 1. The van der Waals surface area contributed by atoms with Crippen molar-refractivity contribution < 1.29 is 27.9 Å². The van der Waals surface area contributed by atoms with Crippen molar-refractivity contribution in [3.05, 3.63) is 66.4 Å². The molecule has 1 fully saturated rings. The number of esters is 1. The molecule has 0 aliphatic heterocycles. The quantitative estimate of drug-likeness (QED) is 0.523. The summed E-state index contributed by atoms with van der Waals surface area (Å²) in [5.41, 5.74) is -0.749. The van der Waals surface area contributed by atoms with Crippen molar-refractivity contribution in [2.75, 3.05) is 7.11 Å². The average molecular weight is 399 g/mol. The molecule has 1 aliphatic carbocycles. The molecule has 8 heteroatoms. The van der Waals surface area contributed by atoms with E-state index in [1.165, 1.54) is 18.3 Å². The third kappa shape index (κ3) is 2.45. The normalized spacial score (nSPS) is 21.4. The number of fused-ring (bicyclic) bond motifs is 1. The molecule has 1 aliphatic rings. The Hall–Kier alpha value is -3.13. The van der Waals surface area contributed by atoms with Crippen LogP contribution in [0.2, 0.25) is 0 Å². The van der Waals surface area contributed by atoms with Gasteiger partial charge in [-0.25, -0.2) is 12.4 Å². The fourth-order valence-corrected chi connectivity index (χ4v) is 5.13. The van der Waals surface area contributed by atoms with E-state index in [1.807, 2.05) is 0 Å². The number of hydrogen-bond donors (Lipinski definition) is 1. The third-order valence-electron chi connectivity index (χ3n) is 5.28. The number of ether oxygens (including phenoxy) is 1. The second-order valence-corrected chi connectivity index (χ2v) is 8.56. The second-order valence-electron chi connectivity index (χ2n) is 6.74. The van der Waals surface area contributed by atoms with Gasteiger partial charge in [0.15, 0.2) is 5.41 Å². The number of nitrogens with zero attached hydrogens (tertiary/aromatic N) is 1. The maximum atomic E-state index is 13.1. The van der Waals surface area contributed by atoms with Gasteiger partial charge in [0, 0.05) is 17.5 Å².